The Morgan fingerprint density at radius 2 is 1.79 bits per heavy atom. The maximum absolute atomic E-state index is 12.5. The average molecular weight is 330 g/mol. The fraction of sp³-hybridized carbons (Fsp3) is 0.550. The van der Waals surface area contributed by atoms with Crippen molar-refractivity contribution in [1.29, 1.82) is 0 Å². The van der Waals surface area contributed by atoms with E-state index in [0.717, 1.165) is 11.1 Å². The van der Waals surface area contributed by atoms with Crippen LogP contribution in [0.15, 0.2) is 34.9 Å². The molecule has 0 unspecified atom stereocenters. The summed E-state index contributed by atoms with van der Waals surface area (Å²) in [5.41, 5.74) is 2.11. The highest BCUT2D eigenvalue weighted by atomic mass is 16.5. The lowest BCUT2D eigenvalue weighted by molar-refractivity contribution is -0.143. The number of ketones is 2. The zero-order valence-corrected chi connectivity index (χ0v) is 14.9. The fourth-order valence-electron chi connectivity index (χ4n) is 3.16. The molecule has 130 valence electrons. The van der Waals surface area contributed by atoms with Gasteiger partial charge in [-0.15, -0.1) is 0 Å². The van der Waals surface area contributed by atoms with Crippen molar-refractivity contribution in [2.75, 3.05) is 0 Å². The van der Waals surface area contributed by atoms with E-state index >= 15 is 0 Å². The Balaban J connectivity index is 2.35. The topological polar surface area (TPSA) is 60.4 Å². The highest BCUT2D eigenvalue weighted by molar-refractivity contribution is 5.98. The summed E-state index contributed by atoms with van der Waals surface area (Å²) >= 11 is 0. The third-order valence-electron chi connectivity index (χ3n) is 4.76. The van der Waals surface area contributed by atoms with Crippen molar-refractivity contribution in [1.82, 2.24) is 0 Å². The molecule has 0 aromatic rings. The molecule has 0 amide bonds. The van der Waals surface area contributed by atoms with Gasteiger partial charge in [-0.05, 0) is 37.8 Å². The summed E-state index contributed by atoms with van der Waals surface area (Å²) in [6.45, 7) is 7.77. The van der Waals surface area contributed by atoms with Crippen molar-refractivity contribution in [3.63, 3.8) is 0 Å². The molecule has 1 aliphatic heterocycles. The number of carbonyl (C=O) groups excluding carboxylic acids is 3. The van der Waals surface area contributed by atoms with Gasteiger partial charge in [0.2, 0.25) is 0 Å². The Labute approximate surface area is 143 Å². The molecule has 4 heteroatoms. The van der Waals surface area contributed by atoms with Gasteiger partial charge in [-0.1, -0.05) is 31.6 Å². The molecule has 0 saturated heterocycles. The SMILES string of the molecule is C/C1=C/C/C=C(\C)C(=O)C[C@H](C(C)C)[C@H]2C=C(CC(=O)C1)C(=O)O2. The second-order valence-corrected chi connectivity index (χ2v) is 7.16. The zero-order valence-electron chi connectivity index (χ0n) is 14.9. The number of rotatable bonds is 1. The highest BCUT2D eigenvalue weighted by Gasteiger charge is 2.35. The molecule has 2 rings (SSSR count). The maximum Gasteiger partial charge on any atom is 0.334 e. The third kappa shape index (κ3) is 4.53. The zero-order chi connectivity index (χ0) is 17.9. The average Bonchev–Trinajstić information content (AvgIpc) is 2.83. The number of carbonyl (C=O) groups is 3. The van der Waals surface area contributed by atoms with Gasteiger partial charge >= 0.3 is 5.97 Å². The molecule has 0 aromatic carbocycles. The molecule has 0 radical (unpaired) electrons. The van der Waals surface area contributed by atoms with E-state index in [0.29, 0.717) is 24.8 Å². The van der Waals surface area contributed by atoms with Crippen molar-refractivity contribution in [2.24, 2.45) is 11.8 Å². The summed E-state index contributed by atoms with van der Waals surface area (Å²) in [5.74, 6) is -0.193. The minimum absolute atomic E-state index is 0.0162. The van der Waals surface area contributed by atoms with Gasteiger partial charge in [0.15, 0.2) is 5.78 Å². The van der Waals surface area contributed by atoms with Gasteiger partial charge in [-0.3, -0.25) is 9.59 Å². The quantitative estimate of drug-likeness (QED) is 0.543. The number of hydrogen-bond acceptors (Lipinski definition) is 4. The van der Waals surface area contributed by atoms with Crippen LogP contribution in [0.3, 0.4) is 0 Å². The first kappa shape index (κ1) is 18.4. The Bertz CT molecular complexity index is 634. The van der Waals surface area contributed by atoms with Crippen molar-refractivity contribution < 1.29 is 19.1 Å². The number of allylic oxidation sites excluding steroid dienone is 4. The van der Waals surface area contributed by atoms with Crippen LogP contribution in [-0.2, 0) is 19.1 Å². The summed E-state index contributed by atoms with van der Waals surface area (Å²) in [7, 11) is 0. The molecular weight excluding hydrogens is 304 g/mol. The number of fused-ring (bicyclic) bond motifs is 1. The Hall–Kier alpha value is -1.97. The van der Waals surface area contributed by atoms with Crippen LogP contribution >= 0.6 is 0 Å². The van der Waals surface area contributed by atoms with E-state index in [1.165, 1.54) is 0 Å². The molecule has 0 spiro atoms. The molecule has 2 bridgehead atoms. The second-order valence-electron chi connectivity index (χ2n) is 7.16. The van der Waals surface area contributed by atoms with Crippen LogP contribution < -0.4 is 0 Å². The Kier molecular flexibility index (Phi) is 5.92. The highest BCUT2D eigenvalue weighted by Crippen LogP contribution is 2.31. The molecule has 24 heavy (non-hydrogen) atoms. The van der Waals surface area contributed by atoms with Gasteiger partial charge in [0.05, 0.1) is 0 Å². The van der Waals surface area contributed by atoms with Gasteiger partial charge in [-0.25, -0.2) is 4.79 Å². The van der Waals surface area contributed by atoms with Crippen LogP contribution in [0.4, 0.5) is 0 Å². The summed E-state index contributed by atoms with van der Waals surface area (Å²) in [6.07, 6.45) is 6.62. The first-order valence-electron chi connectivity index (χ1n) is 8.57. The number of Topliss-reactive ketones (excluding diaryl/α,β-unsaturated/α-hetero) is 2. The molecule has 0 aromatic heterocycles. The van der Waals surface area contributed by atoms with Crippen molar-refractivity contribution in [2.45, 2.75) is 59.5 Å². The lowest BCUT2D eigenvalue weighted by Gasteiger charge is -2.24. The third-order valence-corrected chi connectivity index (χ3v) is 4.76. The lowest BCUT2D eigenvalue weighted by atomic mass is 9.84. The molecule has 2 atom stereocenters. The van der Waals surface area contributed by atoms with E-state index in [1.54, 1.807) is 6.08 Å². The summed E-state index contributed by atoms with van der Waals surface area (Å²) < 4.78 is 5.46. The maximum atomic E-state index is 12.5. The molecule has 1 heterocycles. The number of esters is 1. The van der Waals surface area contributed by atoms with E-state index in [-0.39, 0.29) is 29.8 Å². The smallest absolute Gasteiger partial charge is 0.334 e. The Morgan fingerprint density at radius 3 is 2.46 bits per heavy atom. The van der Waals surface area contributed by atoms with E-state index in [9.17, 15) is 14.4 Å². The van der Waals surface area contributed by atoms with Crippen LogP contribution in [0.2, 0.25) is 0 Å². The Morgan fingerprint density at radius 1 is 1.08 bits per heavy atom. The number of hydrogen-bond donors (Lipinski definition) is 0. The fourth-order valence-corrected chi connectivity index (χ4v) is 3.16. The largest absolute Gasteiger partial charge is 0.454 e. The minimum Gasteiger partial charge on any atom is -0.454 e. The summed E-state index contributed by atoms with van der Waals surface area (Å²) in [5, 5.41) is 0. The van der Waals surface area contributed by atoms with Crippen molar-refractivity contribution in [3.05, 3.63) is 34.9 Å². The van der Waals surface area contributed by atoms with Crippen molar-refractivity contribution >= 4 is 17.5 Å². The molecule has 0 fully saturated rings. The van der Waals surface area contributed by atoms with Crippen LogP contribution in [0.5, 0.6) is 0 Å². The molecule has 1 aliphatic carbocycles. The number of ether oxygens (including phenoxy) is 1. The monoisotopic (exact) mass is 330 g/mol. The first-order chi connectivity index (χ1) is 11.3. The normalized spacial score (nSPS) is 30.9. The van der Waals surface area contributed by atoms with Gasteiger partial charge in [0.1, 0.15) is 11.9 Å². The summed E-state index contributed by atoms with van der Waals surface area (Å²) in [6, 6.07) is 0. The van der Waals surface area contributed by atoms with E-state index in [2.05, 4.69) is 0 Å². The van der Waals surface area contributed by atoms with E-state index < -0.39 is 12.1 Å². The predicted octanol–water partition coefficient (Wildman–Crippen LogP) is 3.72. The molecule has 0 saturated carbocycles. The van der Waals surface area contributed by atoms with Crippen LogP contribution in [0.1, 0.15) is 53.4 Å². The van der Waals surface area contributed by atoms with Gasteiger partial charge in [0.25, 0.3) is 0 Å². The predicted molar refractivity (Wildman–Crippen MR) is 92.3 cm³/mol. The lowest BCUT2D eigenvalue weighted by Crippen LogP contribution is -2.28. The van der Waals surface area contributed by atoms with E-state index in [4.69, 9.17) is 4.74 Å². The second kappa shape index (κ2) is 7.73. The minimum atomic E-state index is -0.421. The van der Waals surface area contributed by atoms with Crippen LogP contribution in [0, 0.1) is 11.8 Å². The molecular formula is C20H26O4. The van der Waals surface area contributed by atoms with Crippen LogP contribution in [-0.4, -0.2) is 23.6 Å². The molecule has 0 N–H and O–H groups in total. The first-order valence-corrected chi connectivity index (χ1v) is 8.57. The molecule has 2 aliphatic rings. The van der Waals surface area contributed by atoms with Gasteiger partial charge in [0, 0.05) is 30.8 Å². The standard InChI is InChI=1S/C20H26O4/c1-12(2)17-11-18(22)14(4)7-5-6-13(3)8-16(21)9-15-10-19(17)24-20(15)23/h6-7,10,12,17,19H,5,8-9,11H2,1-4H3/b13-6-,14-7+/t17-,19-/m1/s1. The van der Waals surface area contributed by atoms with Crippen molar-refractivity contribution in [3.8, 4) is 0 Å². The molecule has 4 nitrogen and oxygen atoms in total. The van der Waals surface area contributed by atoms with Crippen LogP contribution in [0.25, 0.3) is 0 Å². The van der Waals surface area contributed by atoms with E-state index in [1.807, 2.05) is 39.8 Å². The van der Waals surface area contributed by atoms with Gasteiger partial charge in [-0.2, -0.15) is 0 Å². The van der Waals surface area contributed by atoms with Gasteiger partial charge < -0.3 is 4.74 Å². The summed E-state index contributed by atoms with van der Waals surface area (Å²) in [4.78, 5) is 36.7.